The molecule has 2 unspecified atom stereocenters. The molecule has 1 aliphatic carbocycles. The number of fused-ring (bicyclic) bond motifs is 1. The van der Waals surface area contributed by atoms with Gasteiger partial charge in [-0.1, -0.05) is 29.8 Å². The first kappa shape index (κ1) is 20.2. The van der Waals surface area contributed by atoms with Gasteiger partial charge in [0.05, 0.1) is 16.8 Å². The van der Waals surface area contributed by atoms with Gasteiger partial charge < -0.3 is 15.3 Å². The Morgan fingerprint density at radius 1 is 1.16 bits per heavy atom. The fourth-order valence-corrected chi connectivity index (χ4v) is 4.54. The minimum Gasteiger partial charge on any atom is -0.478 e. The summed E-state index contributed by atoms with van der Waals surface area (Å²) in [5.41, 5.74) is 1.25. The number of pyridine rings is 1. The molecule has 8 heteroatoms. The van der Waals surface area contributed by atoms with E-state index in [-0.39, 0.29) is 29.8 Å². The van der Waals surface area contributed by atoms with Gasteiger partial charge in [-0.3, -0.25) is 14.6 Å². The number of hydrogen-bond acceptors (Lipinski definition) is 4. The van der Waals surface area contributed by atoms with Gasteiger partial charge in [-0.15, -0.1) is 0 Å². The van der Waals surface area contributed by atoms with E-state index in [4.69, 9.17) is 16.7 Å². The normalized spacial score (nSPS) is 21.7. The van der Waals surface area contributed by atoms with Crippen LogP contribution in [0.5, 0.6) is 0 Å². The van der Waals surface area contributed by atoms with Gasteiger partial charge >= 0.3 is 5.97 Å². The standard InChI is InChI=1S/C24H18ClN3O4/c25-16-8-9-17-20(11-16)27-23(32)24(12-18(24)19-3-1-2-10-26-19)28(21(17)29)13-14-4-6-15(7-5-14)22(30)31/h1-11,18H,12-13H2,(H,27,32)(H,30,31). The molecular formula is C24H18ClN3O4. The van der Waals surface area contributed by atoms with E-state index in [0.29, 0.717) is 22.7 Å². The summed E-state index contributed by atoms with van der Waals surface area (Å²) in [6, 6.07) is 16.6. The van der Waals surface area contributed by atoms with Gasteiger partial charge in [0.15, 0.2) is 0 Å². The van der Waals surface area contributed by atoms with Gasteiger partial charge in [0.2, 0.25) is 0 Å². The van der Waals surface area contributed by atoms with Gasteiger partial charge in [-0.25, -0.2) is 4.79 Å². The lowest BCUT2D eigenvalue weighted by atomic mass is 10.0. The molecule has 1 aliphatic heterocycles. The number of carbonyl (C=O) groups excluding carboxylic acids is 2. The number of halogens is 1. The van der Waals surface area contributed by atoms with Crippen LogP contribution >= 0.6 is 11.6 Å². The number of anilines is 1. The summed E-state index contributed by atoms with van der Waals surface area (Å²) >= 11 is 6.11. The Kier molecular flexibility index (Phi) is 4.71. The number of carbonyl (C=O) groups is 3. The average molecular weight is 448 g/mol. The highest BCUT2D eigenvalue weighted by molar-refractivity contribution is 6.31. The lowest BCUT2D eigenvalue weighted by molar-refractivity contribution is -0.122. The molecule has 1 fully saturated rings. The van der Waals surface area contributed by atoms with Crippen molar-refractivity contribution in [3.8, 4) is 0 Å². The zero-order valence-corrected chi connectivity index (χ0v) is 17.5. The van der Waals surface area contributed by atoms with Crippen LogP contribution < -0.4 is 5.32 Å². The van der Waals surface area contributed by atoms with E-state index in [2.05, 4.69) is 10.3 Å². The second-order valence-corrected chi connectivity index (χ2v) is 8.41. The summed E-state index contributed by atoms with van der Waals surface area (Å²) in [4.78, 5) is 44.4. The van der Waals surface area contributed by atoms with Gasteiger partial charge in [-0.2, -0.15) is 0 Å². The number of carboxylic acid groups (broad SMARTS) is 1. The Balaban J connectivity index is 1.58. The summed E-state index contributed by atoms with van der Waals surface area (Å²) in [5.74, 6) is -1.86. The molecule has 2 aromatic carbocycles. The number of nitrogens with zero attached hydrogens (tertiary/aromatic N) is 2. The Hall–Kier alpha value is -3.71. The first-order valence-corrected chi connectivity index (χ1v) is 10.4. The van der Waals surface area contributed by atoms with Crippen molar-refractivity contribution in [2.45, 2.75) is 24.4 Å². The van der Waals surface area contributed by atoms with E-state index in [1.807, 2.05) is 12.1 Å². The molecule has 2 atom stereocenters. The van der Waals surface area contributed by atoms with Crippen LogP contribution in [-0.2, 0) is 11.3 Å². The second-order valence-electron chi connectivity index (χ2n) is 7.97. The monoisotopic (exact) mass is 447 g/mol. The van der Waals surface area contributed by atoms with Crippen LogP contribution in [0, 0.1) is 0 Å². The molecule has 1 spiro atoms. The number of benzene rings is 2. The Morgan fingerprint density at radius 3 is 2.62 bits per heavy atom. The maximum absolute atomic E-state index is 13.7. The second kappa shape index (κ2) is 7.46. The number of rotatable bonds is 4. The van der Waals surface area contributed by atoms with E-state index in [9.17, 15) is 14.4 Å². The largest absolute Gasteiger partial charge is 0.478 e. The fraction of sp³-hybridized carbons (Fsp3) is 0.167. The van der Waals surface area contributed by atoms with Crippen molar-refractivity contribution >= 4 is 35.1 Å². The molecule has 7 nitrogen and oxygen atoms in total. The molecule has 2 aliphatic rings. The van der Waals surface area contributed by atoms with Crippen LogP contribution in [-0.4, -0.2) is 38.3 Å². The fourth-order valence-electron chi connectivity index (χ4n) is 4.37. The van der Waals surface area contributed by atoms with Gasteiger partial charge in [0.25, 0.3) is 11.8 Å². The summed E-state index contributed by atoms with van der Waals surface area (Å²) in [6.07, 6.45) is 2.11. The van der Waals surface area contributed by atoms with E-state index < -0.39 is 11.5 Å². The molecule has 2 heterocycles. The van der Waals surface area contributed by atoms with Crippen molar-refractivity contribution in [1.29, 1.82) is 0 Å². The summed E-state index contributed by atoms with van der Waals surface area (Å²) in [7, 11) is 0. The molecule has 2 N–H and O–H groups in total. The summed E-state index contributed by atoms with van der Waals surface area (Å²) in [6.45, 7) is 0.150. The predicted molar refractivity (Wildman–Crippen MR) is 118 cm³/mol. The maximum atomic E-state index is 13.7. The molecule has 1 aromatic heterocycles. The number of hydrogen-bond donors (Lipinski definition) is 2. The van der Waals surface area contributed by atoms with Crippen molar-refractivity contribution < 1.29 is 19.5 Å². The molecular weight excluding hydrogens is 430 g/mol. The number of amides is 2. The molecule has 2 amide bonds. The molecule has 3 aromatic rings. The van der Waals surface area contributed by atoms with Crippen LogP contribution in [0.25, 0.3) is 0 Å². The predicted octanol–water partition coefficient (Wildman–Crippen LogP) is 3.95. The van der Waals surface area contributed by atoms with Gasteiger partial charge in [-0.05, 0) is 54.4 Å². The van der Waals surface area contributed by atoms with Crippen molar-refractivity contribution in [3.05, 3.63) is 94.3 Å². The van der Waals surface area contributed by atoms with Crippen LogP contribution in [0.2, 0.25) is 5.02 Å². The van der Waals surface area contributed by atoms with Crippen LogP contribution in [0.15, 0.2) is 66.9 Å². The third-order valence-electron chi connectivity index (χ3n) is 6.10. The average Bonchev–Trinajstić information content (AvgIpc) is 3.55. The topological polar surface area (TPSA) is 99.6 Å². The lowest BCUT2D eigenvalue weighted by Gasteiger charge is -2.30. The van der Waals surface area contributed by atoms with E-state index >= 15 is 0 Å². The van der Waals surface area contributed by atoms with Crippen molar-refractivity contribution in [1.82, 2.24) is 9.88 Å². The number of carboxylic acids is 1. The minimum atomic E-state index is -1.09. The van der Waals surface area contributed by atoms with Gasteiger partial charge in [0.1, 0.15) is 5.54 Å². The van der Waals surface area contributed by atoms with E-state index in [0.717, 1.165) is 11.3 Å². The highest BCUT2D eigenvalue weighted by Crippen LogP contribution is 2.57. The summed E-state index contributed by atoms with van der Waals surface area (Å²) < 4.78 is 0. The zero-order valence-electron chi connectivity index (χ0n) is 16.8. The SMILES string of the molecule is O=C(O)c1ccc(CN2C(=O)c3ccc(Cl)cc3NC(=O)C23CC3c2ccccn2)cc1. The number of aromatic nitrogens is 1. The Bertz CT molecular complexity index is 1250. The van der Waals surface area contributed by atoms with Crippen LogP contribution in [0.1, 0.15) is 44.3 Å². The van der Waals surface area contributed by atoms with E-state index in [1.54, 1.807) is 47.5 Å². The third-order valence-corrected chi connectivity index (χ3v) is 6.33. The van der Waals surface area contributed by atoms with Gasteiger partial charge in [0, 0.05) is 29.4 Å². The lowest BCUT2D eigenvalue weighted by Crippen LogP contribution is -2.48. The number of nitrogens with one attached hydrogen (secondary N) is 1. The molecule has 160 valence electrons. The van der Waals surface area contributed by atoms with Crippen molar-refractivity contribution in [3.63, 3.8) is 0 Å². The zero-order chi connectivity index (χ0) is 22.5. The molecule has 32 heavy (non-hydrogen) atoms. The smallest absolute Gasteiger partial charge is 0.335 e. The Labute approximate surface area is 188 Å². The Morgan fingerprint density at radius 2 is 1.94 bits per heavy atom. The molecule has 0 saturated heterocycles. The molecule has 0 bridgehead atoms. The maximum Gasteiger partial charge on any atom is 0.335 e. The van der Waals surface area contributed by atoms with Crippen LogP contribution in [0.3, 0.4) is 0 Å². The number of aromatic carboxylic acids is 1. The highest BCUT2D eigenvalue weighted by Gasteiger charge is 2.67. The van der Waals surface area contributed by atoms with E-state index in [1.165, 1.54) is 12.1 Å². The molecule has 5 rings (SSSR count). The summed E-state index contributed by atoms with van der Waals surface area (Å²) in [5, 5.41) is 12.5. The highest BCUT2D eigenvalue weighted by atomic mass is 35.5. The minimum absolute atomic E-state index is 0.150. The van der Waals surface area contributed by atoms with Crippen molar-refractivity contribution in [2.24, 2.45) is 0 Å². The first-order chi connectivity index (χ1) is 15.4. The van der Waals surface area contributed by atoms with Crippen molar-refractivity contribution in [2.75, 3.05) is 5.32 Å². The molecule has 0 radical (unpaired) electrons. The quantitative estimate of drug-likeness (QED) is 0.630. The first-order valence-electron chi connectivity index (χ1n) is 10.1. The molecule has 1 saturated carbocycles. The third kappa shape index (κ3) is 3.22. The van der Waals surface area contributed by atoms with Crippen LogP contribution in [0.4, 0.5) is 5.69 Å².